The largest absolute Gasteiger partial charge is 0.493 e. The molecule has 1 aliphatic rings. The van der Waals surface area contributed by atoms with E-state index in [1.165, 1.54) is 4.90 Å². The van der Waals surface area contributed by atoms with Crippen molar-refractivity contribution in [2.75, 3.05) is 25.2 Å². The summed E-state index contributed by atoms with van der Waals surface area (Å²) in [5.74, 6) is 0.330. The fourth-order valence-corrected chi connectivity index (χ4v) is 3.66. The molecule has 31 heavy (non-hydrogen) atoms. The van der Waals surface area contributed by atoms with Gasteiger partial charge in [0, 0.05) is 15.9 Å². The Morgan fingerprint density at radius 1 is 1.06 bits per heavy atom. The molecule has 0 fully saturated rings. The second-order valence-electron chi connectivity index (χ2n) is 6.70. The van der Waals surface area contributed by atoms with Crippen LogP contribution in [0.1, 0.15) is 26.3 Å². The normalized spacial score (nSPS) is 14.9. The molecule has 0 aliphatic carbocycles. The number of methoxy groups -OCH3 is 1. The van der Waals surface area contributed by atoms with Crippen molar-refractivity contribution in [3.8, 4) is 11.5 Å². The summed E-state index contributed by atoms with van der Waals surface area (Å²) in [5, 5.41) is 0. The summed E-state index contributed by atoms with van der Waals surface area (Å²) in [6, 6.07) is 12.7. The summed E-state index contributed by atoms with van der Waals surface area (Å²) >= 11 is 3.40. The molecular formula is C24H24BrNO5. The number of hydrogen-bond acceptors (Lipinski definition) is 5. The van der Waals surface area contributed by atoms with Crippen LogP contribution >= 0.6 is 15.9 Å². The van der Waals surface area contributed by atoms with Crippen molar-refractivity contribution in [1.82, 2.24) is 0 Å². The van der Waals surface area contributed by atoms with Crippen molar-refractivity contribution in [3.05, 3.63) is 69.3 Å². The van der Waals surface area contributed by atoms with E-state index in [4.69, 9.17) is 14.2 Å². The van der Waals surface area contributed by atoms with Gasteiger partial charge in [0.05, 0.1) is 31.5 Å². The zero-order valence-corrected chi connectivity index (χ0v) is 19.5. The molecule has 6 nitrogen and oxygen atoms in total. The minimum atomic E-state index is -0.530. The van der Waals surface area contributed by atoms with Gasteiger partial charge in [-0.3, -0.25) is 9.69 Å². The van der Waals surface area contributed by atoms with E-state index in [1.54, 1.807) is 39.2 Å². The minimum absolute atomic E-state index is 0.215. The molecule has 0 spiro atoms. The third-order valence-electron chi connectivity index (χ3n) is 4.76. The maximum atomic E-state index is 13.4. The molecule has 1 aliphatic heterocycles. The maximum absolute atomic E-state index is 13.4. The molecule has 162 valence electrons. The highest BCUT2D eigenvalue weighted by Crippen LogP contribution is 2.37. The summed E-state index contributed by atoms with van der Waals surface area (Å²) < 4.78 is 17.1. The van der Waals surface area contributed by atoms with Crippen molar-refractivity contribution in [2.24, 2.45) is 0 Å². The van der Waals surface area contributed by atoms with Crippen LogP contribution < -0.4 is 14.4 Å². The summed E-state index contributed by atoms with van der Waals surface area (Å²) in [6.07, 6.45) is 1.68. The van der Waals surface area contributed by atoms with Gasteiger partial charge in [0.15, 0.2) is 11.5 Å². The van der Waals surface area contributed by atoms with E-state index < -0.39 is 5.97 Å². The number of benzene rings is 2. The topological polar surface area (TPSA) is 65.1 Å². The van der Waals surface area contributed by atoms with E-state index in [2.05, 4.69) is 15.9 Å². The maximum Gasteiger partial charge on any atom is 0.340 e. The summed E-state index contributed by atoms with van der Waals surface area (Å²) in [4.78, 5) is 27.7. The first-order valence-corrected chi connectivity index (χ1v) is 10.7. The molecule has 0 radical (unpaired) electrons. The van der Waals surface area contributed by atoms with Crippen LogP contribution in [-0.4, -0.2) is 32.2 Å². The predicted molar refractivity (Wildman–Crippen MR) is 123 cm³/mol. The molecule has 0 N–H and O–H groups in total. The Balaban J connectivity index is 2.10. The zero-order chi connectivity index (χ0) is 22.5. The number of hydrogen-bond donors (Lipinski definition) is 0. The first kappa shape index (κ1) is 22.6. The summed E-state index contributed by atoms with van der Waals surface area (Å²) in [5.41, 5.74) is 2.42. The average molecular weight is 486 g/mol. The Labute approximate surface area is 190 Å². The van der Waals surface area contributed by atoms with Crippen molar-refractivity contribution in [3.63, 3.8) is 0 Å². The highest BCUT2D eigenvalue weighted by atomic mass is 79.9. The molecule has 2 aromatic rings. The van der Waals surface area contributed by atoms with E-state index >= 15 is 0 Å². The van der Waals surface area contributed by atoms with Crippen LogP contribution in [0.5, 0.6) is 11.5 Å². The number of nitrogens with zero attached hydrogens (tertiary/aromatic N) is 1. The zero-order valence-electron chi connectivity index (χ0n) is 17.9. The van der Waals surface area contributed by atoms with Gasteiger partial charge in [0.2, 0.25) is 0 Å². The molecule has 7 heteroatoms. The molecule has 0 unspecified atom stereocenters. The van der Waals surface area contributed by atoms with Crippen LogP contribution in [0.4, 0.5) is 5.69 Å². The van der Waals surface area contributed by atoms with Crippen molar-refractivity contribution < 1.29 is 23.8 Å². The van der Waals surface area contributed by atoms with Gasteiger partial charge in [-0.1, -0.05) is 22.0 Å². The summed E-state index contributed by atoms with van der Waals surface area (Å²) in [7, 11) is 1.55. The third-order valence-corrected chi connectivity index (χ3v) is 5.29. The molecule has 0 aromatic heterocycles. The Kier molecular flexibility index (Phi) is 7.17. The SMILES string of the molecule is CCOC(=O)C1=C(C)N(c2ccc(Br)cc2)C(=O)/C1=C\c1ccc(OCC)c(OC)c1. The van der Waals surface area contributed by atoms with E-state index in [9.17, 15) is 9.59 Å². The number of rotatable bonds is 7. The lowest BCUT2D eigenvalue weighted by Gasteiger charge is -2.18. The lowest BCUT2D eigenvalue weighted by atomic mass is 10.0. The molecule has 1 amide bonds. The lowest BCUT2D eigenvalue weighted by molar-refractivity contribution is -0.138. The van der Waals surface area contributed by atoms with Crippen molar-refractivity contribution >= 4 is 39.6 Å². The van der Waals surface area contributed by atoms with Crippen LogP contribution in [0.3, 0.4) is 0 Å². The number of allylic oxidation sites excluding steroid dienone is 1. The van der Waals surface area contributed by atoms with Crippen LogP contribution in [0, 0.1) is 0 Å². The van der Waals surface area contributed by atoms with E-state index in [0.29, 0.717) is 35.1 Å². The Morgan fingerprint density at radius 2 is 1.77 bits per heavy atom. The molecule has 0 saturated carbocycles. The number of anilines is 1. The highest BCUT2D eigenvalue weighted by molar-refractivity contribution is 9.10. The molecule has 1 heterocycles. The Morgan fingerprint density at radius 3 is 2.39 bits per heavy atom. The minimum Gasteiger partial charge on any atom is -0.493 e. The predicted octanol–water partition coefficient (Wildman–Crippen LogP) is 5.12. The van der Waals surface area contributed by atoms with Gasteiger partial charge in [0.25, 0.3) is 5.91 Å². The molecule has 0 saturated heterocycles. The van der Waals surface area contributed by atoms with Crippen molar-refractivity contribution in [2.45, 2.75) is 20.8 Å². The van der Waals surface area contributed by atoms with Crippen LogP contribution in [-0.2, 0) is 14.3 Å². The van der Waals surface area contributed by atoms with Crippen LogP contribution in [0.25, 0.3) is 6.08 Å². The number of carbonyl (C=O) groups is 2. The van der Waals surface area contributed by atoms with Crippen LogP contribution in [0.15, 0.2) is 63.8 Å². The molecule has 3 rings (SSSR count). The molecule has 0 bridgehead atoms. The number of amides is 1. The fraction of sp³-hybridized carbons (Fsp3) is 0.250. The second-order valence-corrected chi connectivity index (χ2v) is 7.61. The standard InChI is InChI=1S/C24H24BrNO5/c1-5-30-20-12-7-16(14-21(20)29-4)13-19-22(24(28)31-6-2)15(3)26(23(19)27)18-10-8-17(25)9-11-18/h7-14H,5-6H2,1-4H3/b19-13-. The molecular weight excluding hydrogens is 462 g/mol. The van der Waals surface area contributed by atoms with E-state index in [-0.39, 0.29) is 23.7 Å². The second kappa shape index (κ2) is 9.83. The monoisotopic (exact) mass is 485 g/mol. The first-order valence-electron chi connectivity index (χ1n) is 9.92. The van der Waals surface area contributed by atoms with Gasteiger partial charge in [-0.25, -0.2) is 4.79 Å². The number of esters is 1. The lowest BCUT2D eigenvalue weighted by Crippen LogP contribution is -2.24. The number of ether oxygens (including phenoxy) is 3. The van der Waals surface area contributed by atoms with Gasteiger partial charge in [0.1, 0.15) is 0 Å². The van der Waals surface area contributed by atoms with Crippen LogP contribution in [0.2, 0.25) is 0 Å². The third kappa shape index (κ3) is 4.66. The van der Waals surface area contributed by atoms with Gasteiger partial charge in [-0.15, -0.1) is 0 Å². The smallest absolute Gasteiger partial charge is 0.340 e. The van der Waals surface area contributed by atoms with Gasteiger partial charge >= 0.3 is 5.97 Å². The Hall–Kier alpha value is -3.06. The summed E-state index contributed by atoms with van der Waals surface area (Å²) in [6.45, 7) is 6.09. The highest BCUT2D eigenvalue weighted by Gasteiger charge is 2.38. The average Bonchev–Trinajstić information content (AvgIpc) is 2.99. The van der Waals surface area contributed by atoms with Gasteiger partial charge in [-0.2, -0.15) is 0 Å². The molecule has 0 atom stereocenters. The molecule has 2 aromatic carbocycles. The number of halogens is 1. The van der Waals surface area contributed by atoms with Gasteiger partial charge < -0.3 is 14.2 Å². The Bertz CT molecular complexity index is 1060. The first-order chi connectivity index (χ1) is 14.9. The fourth-order valence-electron chi connectivity index (χ4n) is 3.40. The quantitative estimate of drug-likeness (QED) is 0.402. The van der Waals surface area contributed by atoms with Gasteiger partial charge in [-0.05, 0) is 68.8 Å². The number of carbonyl (C=O) groups excluding carboxylic acids is 2. The van der Waals surface area contributed by atoms with E-state index in [1.807, 2.05) is 37.3 Å². The van der Waals surface area contributed by atoms with Crippen molar-refractivity contribution in [1.29, 1.82) is 0 Å². The van der Waals surface area contributed by atoms with E-state index in [0.717, 1.165) is 4.47 Å².